The van der Waals surface area contributed by atoms with E-state index in [2.05, 4.69) is 15.0 Å². The molecule has 0 amide bonds. The number of aromatic amines is 2. The van der Waals surface area contributed by atoms with Gasteiger partial charge >= 0.3 is 11.1 Å². The maximum Gasteiger partial charge on any atom is 0.314 e. The fourth-order valence-electron chi connectivity index (χ4n) is 3.15. The number of rotatable bonds is 3. The molecule has 146 valence electrons. The van der Waals surface area contributed by atoms with Crippen molar-refractivity contribution in [2.75, 3.05) is 31.1 Å². The van der Waals surface area contributed by atoms with Crippen molar-refractivity contribution in [3.63, 3.8) is 0 Å². The van der Waals surface area contributed by atoms with E-state index >= 15 is 0 Å². The van der Waals surface area contributed by atoms with Gasteiger partial charge in [0.1, 0.15) is 5.82 Å². The lowest BCUT2D eigenvalue weighted by Crippen LogP contribution is -2.49. The number of fused-ring (bicyclic) bond motifs is 1. The summed E-state index contributed by atoms with van der Waals surface area (Å²) >= 11 is 6.17. The zero-order chi connectivity index (χ0) is 19.9. The Bertz CT molecular complexity index is 1260. The number of halogens is 1. The lowest BCUT2D eigenvalue weighted by Gasteiger charge is -2.35. The van der Waals surface area contributed by atoms with Crippen molar-refractivity contribution in [3.8, 4) is 0 Å². The lowest BCUT2D eigenvalue weighted by molar-refractivity contribution is 0.384. The third kappa shape index (κ3) is 3.30. The maximum absolute atomic E-state index is 13.0. The van der Waals surface area contributed by atoms with Gasteiger partial charge in [-0.3, -0.25) is 9.59 Å². The molecule has 4 rings (SSSR count). The van der Waals surface area contributed by atoms with Crippen LogP contribution >= 0.6 is 11.6 Å². The van der Waals surface area contributed by atoms with Crippen LogP contribution in [0.15, 0.2) is 51.0 Å². The Morgan fingerprint density at radius 3 is 2.32 bits per heavy atom. The van der Waals surface area contributed by atoms with Crippen LogP contribution in [0, 0.1) is 0 Å². The predicted octanol–water partition coefficient (Wildman–Crippen LogP) is 0.776. The van der Waals surface area contributed by atoms with Gasteiger partial charge in [-0.1, -0.05) is 11.6 Å². The van der Waals surface area contributed by atoms with Crippen LogP contribution in [0.25, 0.3) is 11.0 Å². The first kappa shape index (κ1) is 18.7. The zero-order valence-corrected chi connectivity index (χ0v) is 16.1. The van der Waals surface area contributed by atoms with Gasteiger partial charge in [0, 0.05) is 32.4 Å². The summed E-state index contributed by atoms with van der Waals surface area (Å²) in [5, 5.41) is 0.520. The lowest BCUT2D eigenvalue weighted by atomic mass is 10.3. The normalized spacial score (nSPS) is 15.8. The highest BCUT2D eigenvalue weighted by Gasteiger charge is 2.29. The topological polar surface area (TPSA) is 119 Å². The third-order valence-electron chi connectivity index (χ3n) is 4.61. The molecule has 1 aliphatic heterocycles. The number of H-pyrrole nitrogens is 2. The molecule has 1 aliphatic rings. The van der Waals surface area contributed by atoms with Crippen molar-refractivity contribution in [2.45, 2.75) is 4.90 Å². The molecule has 0 saturated carbocycles. The standard InChI is InChI=1S/C17H16ClN5O4S/c18-12-2-1-5-19-15(12)22-6-8-23(9-7-22)28(26,27)11-3-4-13-14(10-11)21-17(25)16(24)20-13/h1-5,10H,6-9H2,(H,20,24)(H,21,25). The molecule has 1 fully saturated rings. The quantitative estimate of drug-likeness (QED) is 0.603. The molecule has 0 radical (unpaired) electrons. The van der Waals surface area contributed by atoms with E-state index < -0.39 is 21.1 Å². The fourth-order valence-corrected chi connectivity index (χ4v) is 4.84. The third-order valence-corrected chi connectivity index (χ3v) is 6.80. The van der Waals surface area contributed by atoms with Gasteiger partial charge in [0.2, 0.25) is 10.0 Å². The Morgan fingerprint density at radius 1 is 0.964 bits per heavy atom. The molecule has 9 nitrogen and oxygen atoms in total. The molecular weight excluding hydrogens is 406 g/mol. The molecule has 0 spiro atoms. The van der Waals surface area contributed by atoms with Gasteiger partial charge in [0.05, 0.1) is 21.0 Å². The van der Waals surface area contributed by atoms with E-state index in [0.717, 1.165) is 0 Å². The van der Waals surface area contributed by atoms with Crippen LogP contribution in [0.1, 0.15) is 0 Å². The number of piperazine rings is 1. The van der Waals surface area contributed by atoms with Gasteiger partial charge in [0.15, 0.2) is 0 Å². The van der Waals surface area contributed by atoms with E-state index in [1.165, 1.54) is 22.5 Å². The predicted molar refractivity (Wildman–Crippen MR) is 105 cm³/mol. The fraction of sp³-hybridized carbons (Fsp3) is 0.235. The number of benzene rings is 1. The van der Waals surface area contributed by atoms with Crippen molar-refractivity contribution >= 4 is 38.5 Å². The minimum absolute atomic E-state index is 0.0482. The second kappa shape index (κ2) is 7.04. The van der Waals surface area contributed by atoms with Gasteiger partial charge in [0.25, 0.3) is 0 Å². The average molecular weight is 422 g/mol. The van der Waals surface area contributed by atoms with Gasteiger partial charge < -0.3 is 14.9 Å². The van der Waals surface area contributed by atoms with Crippen LogP contribution in [0.3, 0.4) is 0 Å². The highest BCUT2D eigenvalue weighted by atomic mass is 35.5. The Kier molecular flexibility index (Phi) is 4.69. The number of hydrogen-bond donors (Lipinski definition) is 2. The van der Waals surface area contributed by atoms with Gasteiger partial charge in [-0.2, -0.15) is 4.31 Å². The van der Waals surface area contributed by atoms with Crippen LogP contribution in [-0.2, 0) is 10.0 Å². The van der Waals surface area contributed by atoms with E-state index in [1.807, 2.05) is 4.90 Å². The molecule has 28 heavy (non-hydrogen) atoms. The first-order valence-electron chi connectivity index (χ1n) is 8.48. The molecule has 0 unspecified atom stereocenters. The summed E-state index contributed by atoms with van der Waals surface area (Å²) in [6.45, 7) is 1.45. The first-order valence-corrected chi connectivity index (χ1v) is 10.3. The van der Waals surface area contributed by atoms with Crippen LogP contribution in [-0.4, -0.2) is 53.9 Å². The summed E-state index contributed by atoms with van der Waals surface area (Å²) in [6.07, 6.45) is 1.64. The highest BCUT2D eigenvalue weighted by molar-refractivity contribution is 7.89. The second-order valence-corrected chi connectivity index (χ2v) is 8.66. The Hall–Kier alpha value is -2.69. The number of anilines is 1. The Morgan fingerprint density at radius 2 is 1.64 bits per heavy atom. The minimum atomic E-state index is -3.75. The van der Waals surface area contributed by atoms with Crippen LogP contribution in [0.2, 0.25) is 5.02 Å². The molecule has 1 saturated heterocycles. The summed E-state index contributed by atoms with van der Waals surface area (Å²) in [5.41, 5.74) is -1.00. The van der Waals surface area contributed by atoms with Crippen molar-refractivity contribution in [1.82, 2.24) is 19.3 Å². The molecule has 1 aromatic carbocycles. The summed E-state index contributed by atoms with van der Waals surface area (Å²) in [7, 11) is -3.75. The monoisotopic (exact) mass is 421 g/mol. The Labute approximate surface area is 164 Å². The van der Waals surface area contributed by atoms with E-state index in [-0.39, 0.29) is 23.5 Å². The van der Waals surface area contributed by atoms with E-state index in [1.54, 1.807) is 18.3 Å². The van der Waals surface area contributed by atoms with Crippen LogP contribution < -0.4 is 16.0 Å². The highest BCUT2D eigenvalue weighted by Crippen LogP contribution is 2.25. The molecule has 2 N–H and O–H groups in total. The Balaban J connectivity index is 1.59. The van der Waals surface area contributed by atoms with Crippen molar-refractivity contribution in [2.24, 2.45) is 0 Å². The summed E-state index contributed by atoms with van der Waals surface area (Å²) in [5.74, 6) is 0.633. The first-order chi connectivity index (χ1) is 13.4. The minimum Gasteiger partial charge on any atom is -0.353 e. The summed E-state index contributed by atoms with van der Waals surface area (Å²) in [4.78, 5) is 34.0. The molecule has 0 bridgehead atoms. The van der Waals surface area contributed by atoms with Crippen LogP contribution in [0.4, 0.5) is 5.82 Å². The van der Waals surface area contributed by atoms with Crippen LogP contribution in [0.5, 0.6) is 0 Å². The van der Waals surface area contributed by atoms with Gasteiger partial charge in [-0.15, -0.1) is 0 Å². The zero-order valence-electron chi connectivity index (χ0n) is 14.6. The molecule has 3 heterocycles. The summed E-state index contributed by atoms with van der Waals surface area (Å²) in [6, 6.07) is 7.71. The number of pyridine rings is 1. The molecule has 2 aromatic heterocycles. The second-order valence-electron chi connectivity index (χ2n) is 6.32. The van der Waals surface area contributed by atoms with Crippen molar-refractivity contribution < 1.29 is 8.42 Å². The maximum atomic E-state index is 13.0. The van der Waals surface area contributed by atoms with E-state index in [4.69, 9.17) is 11.6 Å². The number of nitrogens with zero attached hydrogens (tertiary/aromatic N) is 3. The SMILES string of the molecule is O=c1[nH]c2ccc(S(=O)(=O)N3CCN(c4ncccc4Cl)CC3)cc2[nH]c1=O. The van der Waals surface area contributed by atoms with Gasteiger partial charge in [-0.25, -0.2) is 13.4 Å². The van der Waals surface area contributed by atoms with E-state index in [9.17, 15) is 18.0 Å². The smallest absolute Gasteiger partial charge is 0.314 e. The molecule has 0 aliphatic carbocycles. The van der Waals surface area contributed by atoms with Crippen molar-refractivity contribution in [3.05, 3.63) is 62.3 Å². The number of sulfonamides is 1. The number of nitrogens with one attached hydrogen (secondary N) is 2. The largest absolute Gasteiger partial charge is 0.353 e. The molecule has 3 aromatic rings. The number of hydrogen-bond acceptors (Lipinski definition) is 6. The van der Waals surface area contributed by atoms with E-state index in [0.29, 0.717) is 29.4 Å². The average Bonchev–Trinajstić information content (AvgIpc) is 2.69. The van der Waals surface area contributed by atoms with Crippen molar-refractivity contribution in [1.29, 1.82) is 0 Å². The molecular formula is C17H16ClN5O4S. The molecule has 11 heteroatoms. The summed E-state index contributed by atoms with van der Waals surface area (Å²) < 4.78 is 27.4. The number of aromatic nitrogens is 3. The molecule has 0 atom stereocenters. The van der Waals surface area contributed by atoms with Gasteiger partial charge in [-0.05, 0) is 30.3 Å².